The number of rotatable bonds is 7. The molecule has 2 rings (SSSR count). The normalized spacial score (nSPS) is 12.5. The van der Waals surface area contributed by atoms with Crippen molar-refractivity contribution in [3.8, 4) is 5.69 Å². The fourth-order valence-corrected chi connectivity index (χ4v) is 2.15. The Kier molecular flexibility index (Phi) is 5.12. The van der Waals surface area contributed by atoms with Gasteiger partial charge in [-0.2, -0.15) is 0 Å². The van der Waals surface area contributed by atoms with E-state index in [0.29, 0.717) is 6.04 Å². The first-order valence-corrected chi connectivity index (χ1v) is 6.84. The van der Waals surface area contributed by atoms with Crippen LogP contribution in [0.2, 0.25) is 0 Å². The van der Waals surface area contributed by atoms with Gasteiger partial charge in [-0.05, 0) is 25.1 Å². The van der Waals surface area contributed by atoms with Crippen LogP contribution in [0, 0.1) is 0 Å². The van der Waals surface area contributed by atoms with E-state index in [1.54, 1.807) is 6.20 Å². The molecular formula is C15H22N4. The molecule has 4 heteroatoms. The summed E-state index contributed by atoms with van der Waals surface area (Å²) in [6, 6.07) is 8.75. The Morgan fingerprint density at radius 2 is 2.11 bits per heavy atom. The second-order valence-electron chi connectivity index (χ2n) is 4.56. The zero-order chi connectivity index (χ0) is 13.5. The van der Waals surface area contributed by atoms with E-state index in [1.165, 1.54) is 11.3 Å². The van der Waals surface area contributed by atoms with Crippen LogP contribution < -0.4 is 10.6 Å². The van der Waals surface area contributed by atoms with Crippen LogP contribution in [0.5, 0.6) is 0 Å². The lowest BCUT2D eigenvalue weighted by Gasteiger charge is -2.18. The first-order valence-electron chi connectivity index (χ1n) is 6.84. The van der Waals surface area contributed by atoms with Gasteiger partial charge in [-0.25, -0.2) is 4.98 Å². The lowest BCUT2D eigenvalue weighted by atomic mass is 10.1. The highest BCUT2D eigenvalue weighted by Crippen LogP contribution is 2.20. The van der Waals surface area contributed by atoms with Crippen LogP contribution in [0.4, 0.5) is 0 Å². The van der Waals surface area contributed by atoms with Gasteiger partial charge in [0.25, 0.3) is 0 Å². The second kappa shape index (κ2) is 7.07. The molecule has 0 aliphatic heterocycles. The van der Waals surface area contributed by atoms with Gasteiger partial charge in [-0.3, -0.25) is 0 Å². The fourth-order valence-electron chi connectivity index (χ4n) is 2.15. The van der Waals surface area contributed by atoms with Crippen molar-refractivity contribution in [3.05, 3.63) is 48.5 Å². The van der Waals surface area contributed by atoms with Gasteiger partial charge in [-0.15, -0.1) is 0 Å². The quantitative estimate of drug-likeness (QED) is 0.748. The third-order valence-corrected chi connectivity index (χ3v) is 3.19. The maximum atomic E-state index is 4.12. The summed E-state index contributed by atoms with van der Waals surface area (Å²) in [5.74, 6) is 0. The van der Waals surface area contributed by atoms with Crippen molar-refractivity contribution in [1.29, 1.82) is 0 Å². The molecule has 2 N–H and O–H groups in total. The largest absolute Gasteiger partial charge is 0.316 e. The number of aromatic nitrogens is 2. The second-order valence-corrected chi connectivity index (χ2v) is 4.56. The molecule has 0 saturated carbocycles. The van der Waals surface area contributed by atoms with E-state index in [-0.39, 0.29) is 0 Å². The molecule has 1 unspecified atom stereocenters. The molecule has 0 aliphatic carbocycles. The van der Waals surface area contributed by atoms with Crippen molar-refractivity contribution in [1.82, 2.24) is 20.2 Å². The van der Waals surface area contributed by atoms with Crippen LogP contribution in [0.25, 0.3) is 5.69 Å². The van der Waals surface area contributed by atoms with Crippen LogP contribution in [0.3, 0.4) is 0 Å². The molecule has 0 fully saturated rings. The molecule has 0 amide bonds. The van der Waals surface area contributed by atoms with Gasteiger partial charge in [-0.1, -0.05) is 25.1 Å². The molecular weight excluding hydrogens is 236 g/mol. The van der Waals surface area contributed by atoms with E-state index >= 15 is 0 Å². The van der Waals surface area contributed by atoms with Gasteiger partial charge in [0.05, 0.1) is 12.0 Å². The Morgan fingerprint density at radius 3 is 2.84 bits per heavy atom. The van der Waals surface area contributed by atoms with Gasteiger partial charge >= 0.3 is 0 Å². The van der Waals surface area contributed by atoms with Crippen molar-refractivity contribution >= 4 is 0 Å². The maximum Gasteiger partial charge on any atom is 0.0991 e. The van der Waals surface area contributed by atoms with Crippen LogP contribution in [0.15, 0.2) is 43.0 Å². The minimum atomic E-state index is 0.317. The van der Waals surface area contributed by atoms with Gasteiger partial charge < -0.3 is 15.2 Å². The number of benzene rings is 1. The van der Waals surface area contributed by atoms with Gasteiger partial charge in [0, 0.05) is 31.5 Å². The Balaban J connectivity index is 2.07. The molecule has 4 nitrogen and oxygen atoms in total. The lowest BCUT2D eigenvalue weighted by molar-refractivity contribution is 0.550. The molecule has 1 atom stereocenters. The number of para-hydroxylation sites is 1. The van der Waals surface area contributed by atoms with E-state index in [9.17, 15) is 0 Å². The first-order chi connectivity index (χ1) is 9.33. The highest BCUT2D eigenvalue weighted by Gasteiger charge is 2.10. The number of likely N-dealkylation sites (N-methyl/N-ethyl adjacent to an activating group) is 1. The Morgan fingerprint density at radius 1 is 1.26 bits per heavy atom. The predicted octanol–water partition coefficient (Wildman–Crippen LogP) is 2.13. The summed E-state index contributed by atoms with van der Waals surface area (Å²) < 4.78 is 2.05. The molecule has 2 aromatic rings. The standard InChI is InChI=1S/C15H22N4/c1-3-16-8-9-18-13(2)14-6-4-5-7-15(14)19-11-10-17-12-19/h4-7,10-13,16,18H,3,8-9H2,1-2H3. The van der Waals surface area contributed by atoms with Crippen molar-refractivity contribution in [3.63, 3.8) is 0 Å². The van der Waals surface area contributed by atoms with Crippen molar-refractivity contribution in [2.45, 2.75) is 19.9 Å². The minimum Gasteiger partial charge on any atom is -0.316 e. The third kappa shape index (κ3) is 3.66. The smallest absolute Gasteiger partial charge is 0.0991 e. The fraction of sp³-hybridized carbons (Fsp3) is 0.400. The molecule has 0 spiro atoms. The summed E-state index contributed by atoms with van der Waals surface area (Å²) in [4.78, 5) is 4.12. The van der Waals surface area contributed by atoms with Crippen molar-refractivity contribution in [2.24, 2.45) is 0 Å². The number of imidazole rings is 1. The molecule has 1 aromatic heterocycles. The summed E-state index contributed by atoms with van der Waals surface area (Å²) in [7, 11) is 0. The Labute approximate surface area is 114 Å². The maximum absolute atomic E-state index is 4.12. The van der Waals surface area contributed by atoms with Crippen LogP contribution in [0.1, 0.15) is 25.5 Å². The average Bonchev–Trinajstić information content (AvgIpc) is 2.97. The number of hydrogen-bond acceptors (Lipinski definition) is 3. The molecule has 102 valence electrons. The first kappa shape index (κ1) is 13.8. The van der Waals surface area contributed by atoms with Gasteiger partial charge in [0.2, 0.25) is 0 Å². The van der Waals surface area contributed by atoms with E-state index in [4.69, 9.17) is 0 Å². The highest BCUT2D eigenvalue weighted by molar-refractivity contribution is 5.42. The molecule has 0 bridgehead atoms. The van der Waals surface area contributed by atoms with E-state index in [2.05, 4.69) is 58.3 Å². The zero-order valence-electron chi connectivity index (χ0n) is 11.6. The van der Waals surface area contributed by atoms with Crippen molar-refractivity contribution in [2.75, 3.05) is 19.6 Å². The van der Waals surface area contributed by atoms with Gasteiger partial charge in [0.15, 0.2) is 0 Å². The molecule has 0 aliphatic rings. The van der Waals surface area contributed by atoms with Crippen LogP contribution in [-0.4, -0.2) is 29.2 Å². The predicted molar refractivity (Wildman–Crippen MR) is 78.5 cm³/mol. The molecule has 0 saturated heterocycles. The van der Waals surface area contributed by atoms with Crippen LogP contribution in [-0.2, 0) is 0 Å². The Hall–Kier alpha value is -1.65. The van der Waals surface area contributed by atoms with Crippen molar-refractivity contribution < 1.29 is 0 Å². The number of nitrogens with one attached hydrogen (secondary N) is 2. The van der Waals surface area contributed by atoms with E-state index in [0.717, 1.165) is 19.6 Å². The summed E-state index contributed by atoms with van der Waals surface area (Å²) in [5, 5.41) is 6.86. The Bertz CT molecular complexity index is 479. The number of hydrogen-bond donors (Lipinski definition) is 2. The lowest BCUT2D eigenvalue weighted by Crippen LogP contribution is -2.29. The summed E-state index contributed by atoms with van der Waals surface area (Å²) >= 11 is 0. The zero-order valence-corrected chi connectivity index (χ0v) is 11.6. The topological polar surface area (TPSA) is 41.9 Å². The average molecular weight is 258 g/mol. The monoisotopic (exact) mass is 258 g/mol. The highest BCUT2D eigenvalue weighted by atomic mass is 15.0. The molecule has 1 aromatic carbocycles. The summed E-state index contributed by atoms with van der Waals surface area (Å²) in [5.41, 5.74) is 2.47. The van der Waals surface area contributed by atoms with E-state index < -0.39 is 0 Å². The molecule has 19 heavy (non-hydrogen) atoms. The molecule has 1 heterocycles. The summed E-state index contributed by atoms with van der Waals surface area (Å²) in [6.45, 7) is 7.29. The van der Waals surface area contributed by atoms with Gasteiger partial charge in [0.1, 0.15) is 0 Å². The summed E-state index contributed by atoms with van der Waals surface area (Å²) in [6.07, 6.45) is 5.62. The van der Waals surface area contributed by atoms with Crippen LogP contribution >= 0.6 is 0 Å². The van der Waals surface area contributed by atoms with E-state index in [1.807, 2.05) is 12.5 Å². The SMILES string of the molecule is CCNCCNC(C)c1ccccc1-n1ccnc1. The third-order valence-electron chi connectivity index (χ3n) is 3.19. The number of nitrogens with zero attached hydrogens (tertiary/aromatic N) is 2. The minimum absolute atomic E-state index is 0.317. The molecule has 0 radical (unpaired) electrons.